The van der Waals surface area contributed by atoms with Crippen LogP contribution in [0.5, 0.6) is 0 Å². The predicted octanol–water partition coefficient (Wildman–Crippen LogP) is 5.91. The van der Waals surface area contributed by atoms with Gasteiger partial charge in [-0.15, -0.1) is 0 Å². The number of amides is 1. The molecule has 24 heavy (non-hydrogen) atoms. The number of anilines is 1. The van der Waals surface area contributed by atoms with Crippen molar-refractivity contribution in [3.8, 4) is 0 Å². The Morgan fingerprint density at radius 1 is 0.958 bits per heavy atom. The van der Waals surface area contributed by atoms with Gasteiger partial charge in [0.2, 0.25) is 0 Å². The molecular weight excluding hydrogens is 339 g/mol. The lowest BCUT2D eigenvalue weighted by molar-refractivity contribution is -0.137. The normalized spacial score (nSPS) is 12.1. The molecule has 0 aliphatic carbocycles. The van der Waals surface area contributed by atoms with Gasteiger partial charge in [0.15, 0.2) is 0 Å². The molecule has 0 aliphatic heterocycles. The van der Waals surface area contributed by atoms with E-state index in [4.69, 9.17) is 11.6 Å². The molecule has 0 bridgehead atoms. The molecule has 2 aromatic carbocycles. The quantitative estimate of drug-likeness (QED) is 0.713. The topological polar surface area (TPSA) is 29.1 Å². The minimum Gasteiger partial charge on any atom is -0.321 e. The van der Waals surface area contributed by atoms with E-state index in [0.717, 1.165) is 23.8 Å². The summed E-state index contributed by atoms with van der Waals surface area (Å²) in [5, 5.41) is 2.47. The van der Waals surface area contributed by atoms with Gasteiger partial charge in [-0.2, -0.15) is 13.2 Å². The van der Waals surface area contributed by atoms with E-state index in [1.807, 2.05) is 32.9 Å². The van der Waals surface area contributed by atoms with E-state index in [9.17, 15) is 18.0 Å². The summed E-state index contributed by atoms with van der Waals surface area (Å²) in [5.41, 5.74) is 0.397. The molecule has 128 valence electrons. The summed E-state index contributed by atoms with van der Waals surface area (Å²) >= 11 is 5.88. The first-order chi connectivity index (χ1) is 11.0. The standard InChI is InChI=1S/C18H17ClF3NO/c1-17(2,3)12-6-4-11(5-7-12)16(24)23-15-10-13(18(20,21)22)8-9-14(15)19/h4-10H,1-3H3,(H,23,24). The minimum absolute atomic E-state index is 0.0441. The molecule has 0 unspecified atom stereocenters. The maximum atomic E-state index is 12.8. The summed E-state index contributed by atoms with van der Waals surface area (Å²) in [6.07, 6.45) is -4.50. The van der Waals surface area contributed by atoms with Gasteiger partial charge in [-0.3, -0.25) is 4.79 Å². The highest BCUT2D eigenvalue weighted by Gasteiger charge is 2.31. The number of alkyl halides is 3. The number of halogens is 4. The molecule has 0 fully saturated rings. The molecule has 2 nitrogen and oxygen atoms in total. The first kappa shape index (κ1) is 18.3. The fourth-order valence-corrected chi connectivity index (χ4v) is 2.28. The highest BCUT2D eigenvalue weighted by atomic mass is 35.5. The van der Waals surface area contributed by atoms with Crippen LogP contribution in [0, 0.1) is 0 Å². The zero-order chi connectivity index (χ0) is 18.1. The van der Waals surface area contributed by atoms with Crippen molar-refractivity contribution in [2.75, 3.05) is 5.32 Å². The van der Waals surface area contributed by atoms with E-state index in [0.29, 0.717) is 5.56 Å². The number of benzene rings is 2. The van der Waals surface area contributed by atoms with Gasteiger partial charge in [-0.05, 0) is 41.3 Å². The van der Waals surface area contributed by atoms with Crippen LogP contribution in [0.15, 0.2) is 42.5 Å². The van der Waals surface area contributed by atoms with Gasteiger partial charge in [-0.25, -0.2) is 0 Å². The van der Waals surface area contributed by atoms with Crippen LogP contribution in [0.3, 0.4) is 0 Å². The first-order valence-electron chi connectivity index (χ1n) is 7.27. The van der Waals surface area contributed by atoms with Gasteiger partial charge in [-0.1, -0.05) is 44.5 Å². The third-order valence-corrected chi connectivity index (χ3v) is 3.88. The molecule has 0 saturated carbocycles. The summed E-state index contributed by atoms with van der Waals surface area (Å²) in [6.45, 7) is 6.14. The number of rotatable bonds is 2. The van der Waals surface area contributed by atoms with E-state index in [-0.39, 0.29) is 16.1 Å². The molecule has 1 N–H and O–H groups in total. The number of carbonyl (C=O) groups excluding carboxylic acids is 1. The van der Waals surface area contributed by atoms with Crippen LogP contribution < -0.4 is 5.32 Å². The Morgan fingerprint density at radius 3 is 2.00 bits per heavy atom. The van der Waals surface area contributed by atoms with E-state index in [1.165, 1.54) is 0 Å². The second-order valence-electron chi connectivity index (χ2n) is 6.47. The van der Waals surface area contributed by atoms with E-state index < -0.39 is 17.6 Å². The molecule has 1 amide bonds. The van der Waals surface area contributed by atoms with Crippen molar-refractivity contribution < 1.29 is 18.0 Å². The van der Waals surface area contributed by atoms with Crippen molar-refractivity contribution in [3.63, 3.8) is 0 Å². The second-order valence-corrected chi connectivity index (χ2v) is 6.88. The zero-order valence-corrected chi connectivity index (χ0v) is 14.2. The first-order valence-corrected chi connectivity index (χ1v) is 7.65. The van der Waals surface area contributed by atoms with E-state index in [2.05, 4.69) is 5.32 Å². The van der Waals surface area contributed by atoms with Crippen LogP contribution in [0.4, 0.5) is 18.9 Å². The SMILES string of the molecule is CC(C)(C)c1ccc(C(=O)Nc2cc(C(F)(F)F)ccc2Cl)cc1. The molecule has 2 aromatic rings. The van der Waals surface area contributed by atoms with E-state index >= 15 is 0 Å². The fourth-order valence-electron chi connectivity index (χ4n) is 2.11. The van der Waals surface area contributed by atoms with Crippen LogP contribution >= 0.6 is 11.6 Å². The number of hydrogen-bond donors (Lipinski definition) is 1. The monoisotopic (exact) mass is 355 g/mol. The maximum absolute atomic E-state index is 12.8. The van der Waals surface area contributed by atoms with Crippen LogP contribution in [0.2, 0.25) is 5.02 Å². The molecule has 2 rings (SSSR count). The molecule has 0 atom stereocenters. The van der Waals surface area contributed by atoms with Gasteiger partial charge in [0.1, 0.15) is 0 Å². The predicted molar refractivity (Wildman–Crippen MR) is 89.5 cm³/mol. The number of nitrogens with one attached hydrogen (secondary N) is 1. The van der Waals surface area contributed by atoms with Crippen LogP contribution in [-0.2, 0) is 11.6 Å². The Labute approximate surface area is 143 Å². The minimum atomic E-state index is -4.50. The number of hydrogen-bond acceptors (Lipinski definition) is 1. The Balaban J connectivity index is 2.24. The van der Waals surface area contributed by atoms with Gasteiger partial charge in [0, 0.05) is 5.56 Å². The largest absolute Gasteiger partial charge is 0.416 e. The summed E-state index contributed by atoms with van der Waals surface area (Å²) in [4.78, 5) is 12.2. The van der Waals surface area contributed by atoms with Gasteiger partial charge in [0.05, 0.1) is 16.3 Å². The second kappa shape index (κ2) is 6.48. The zero-order valence-electron chi connectivity index (χ0n) is 13.5. The van der Waals surface area contributed by atoms with Gasteiger partial charge < -0.3 is 5.32 Å². The molecule has 0 heterocycles. The van der Waals surface area contributed by atoms with E-state index in [1.54, 1.807) is 12.1 Å². The molecule has 0 spiro atoms. The molecule has 0 saturated heterocycles. The third-order valence-electron chi connectivity index (χ3n) is 3.56. The molecule has 6 heteroatoms. The van der Waals surface area contributed by atoms with Crippen molar-refractivity contribution in [1.29, 1.82) is 0 Å². The van der Waals surface area contributed by atoms with Crippen LogP contribution in [0.1, 0.15) is 42.3 Å². The highest BCUT2D eigenvalue weighted by molar-refractivity contribution is 6.34. The Bertz CT molecular complexity index is 746. The fraction of sp³-hybridized carbons (Fsp3) is 0.278. The third kappa shape index (κ3) is 4.29. The molecule has 0 aliphatic rings. The van der Waals surface area contributed by atoms with Crippen molar-refractivity contribution >= 4 is 23.2 Å². The van der Waals surface area contributed by atoms with Crippen molar-refractivity contribution in [2.24, 2.45) is 0 Å². The lowest BCUT2D eigenvalue weighted by Crippen LogP contribution is -2.15. The van der Waals surface area contributed by atoms with Crippen molar-refractivity contribution in [3.05, 3.63) is 64.2 Å². The van der Waals surface area contributed by atoms with Crippen LogP contribution in [-0.4, -0.2) is 5.91 Å². The summed E-state index contributed by atoms with van der Waals surface area (Å²) < 4.78 is 38.3. The lowest BCUT2D eigenvalue weighted by atomic mass is 9.87. The molecular formula is C18H17ClF3NO. The lowest BCUT2D eigenvalue weighted by Gasteiger charge is -2.19. The van der Waals surface area contributed by atoms with Crippen molar-refractivity contribution in [2.45, 2.75) is 32.4 Å². The number of carbonyl (C=O) groups is 1. The average molecular weight is 356 g/mol. The van der Waals surface area contributed by atoms with Crippen LogP contribution in [0.25, 0.3) is 0 Å². The molecule has 0 aromatic heterocycles. The maximum Gasteiger partial charge on any atom is 0.416 e. The molecule has 0 radical (unpaired) electrons. The Hall–Kier alpha value is -2.01. The Kier molecular flexibility index (Phi) is 4.95. The summed E-state index contributed by atoms with van der Waals surface area (Å²) in [7, 11) is 0. The Morgan fingerprint density at radius 2 is 1.50 bits per heavy atom. The van der Waals surface area contributed by atoms with Crippen molar-refractivity contribution in [1.82, 2.24) is 0 Å². The average Bonchev–Trinajstić information content (AvgIpc) is 2.47. The van der Waals surface area contributed by atoms with Gasteiger partial charge in [0.25, 0.3) is 5.91 Å². The van der Waals surface area contributed by atoms with Gasteiger partial charge >= 0.3 is 6.18 Å². The smallest absolute Gasteiger partial charge is 0.321 e. The summed E-state index contributed by atoms with van der Waals surface area (Å²) in [6, 6.07) is 9.72. The highest BCUT2D eigenvalue weighted by Crippen LogP contribution is 2.34. The summed E-state index contributed by atoms with van der Waals surface area (Å²) in [5.74, 6) is -0.517.